The van der Waals surface area contributed by atoms with E-state index in [4.69, 9.17) is 0 Å². The minimum absolute atomic E-state index is 0.00820. The van der Waals surface area contributed by atoms with E-state index in [1.807, 2.05) is 0 Å². The molecule has 0 fully saturated rings. The van der Waals surface area contributed by atoms with Crippen LogP contribution in [-0.2, 0) is 21.8 Å². The Morgan fingerprint density at radius 3 is 2.64 bits per heavy atom. The summed E-state index contributed by atoms with van der Waals surface area (Å²) < 4.78 is 35.0. The number of aryl methyl sites for hydroxylation is 2. The summed E-state index contributed by atoms with van der Waals surface area (Å²) in [5, 5.41) is 8.45. The molecule has 1 aromatic heterocycles. The summed E-state index contributed by atoms with van der Waals surface area (Å²) in [6, 6.07) is 11.4. The summed E-state index contributed by atoms with van der Waals surface area (Å²) in [7, 11) is -0.887. The van der Waals surface area contributed by atoms with Crippen molar-refractivity contribution in [1.82, 2.24) is 14.8 Å². The molecule has 1 N–H and O–H groups in total. The molecular weight excluding hydrogens is 400 g/mol. The van der Waals surface area contributed by atoms with Crippen LogP contribution in [0.4, 0.5) is 5.69 Å². The van der Waals surface area contributed by atoms with E-state index in [-0.39, 0.29) is 10.5 Å². The number of sulfonamides is 1. The van der Waals surface area contributed by atoms with Gasteiger partial charge in [-0.05, 0) is 48.5 Å². The Kier molecular flexibility index (Phi) is 5.71. The lowest BCUT2D eigenvalue weighted by molar-refractivity contribution is 0.0600. The summed E-state index contributed by atoms with van der Waals surface area (Å²) in [6.07, 6.45) is 1.57. The van der Waals surface area contributed by atoms with Crippen molar-refractivity contribution in [3.05, 3.63) is 59.9 Å². The maximum absolute atomic E-state index is 13.0. The summed E-state index contributed by atoms with van der Waals surface area (Å²) in [6.45, 7) is 1.66. The van der Waals surface area contributed by atoms with Gasteiger partial charge in [0, 0.05) is 11.9 Å². The minimum atomic E-state index is -3.93. The zero-order valence-corrected chi connectivity index (χ0v) is 17.0. The number of rotatable bonds is 6. The van der Waals surface area contributed by atoms with E-state index in [1.165, 1.54) is 31.0 Å². The van der Waals surface area contributed by atoms with E-state index in [0.717, 1.165) is 0 Å². The number of hydrogen-bond donors (Lipinski definition) is 1. The number of carbonyl (C=O) groups excluding carboxylic acids is 1. The molecule has 0 atom stereocenters. The normalized spacial score (nSPS) is 11.2. The smallest absolute Gasteiger partial charge is 0.337 e. The second kappa shape index (κ2) is 8.03. The van der Waals surface area contributed by atoms with Gasteiger partial charge in [0.15, 0.2) is 5.16 Å². The molecule has 0 radical (unpaired) electrons. The van der Waals surface area contributed by atoms with Gasteiger partial charge in [0.1, 0.15) is 6.33 Å². The third kappa shape index (κ3) is 4.18. The topological polar surface area (TPSA) is 103 Å². The molecule has 0 spiro atoms. The van der Waals surface area contributed by atoms with E-state index >= 15 is 0 Å². The van der Waals surface area contributed by atoms with Crippen molar-refractivity contribution in [2.45, 2.75) is 21.9 Å². The Labute approximate surface area is 167 Å². The number of hydrogen-bond acceptors (Lipinski definition) is 7. The second-order valence-corrected chi connectivity index (χ2v) is 8.56. The largest absolute Gasteiger partial charge is 0.465 e. The molecule has 0 saturated heterocycles. The monoisotopic (exact) mass is 418 g/mol. The highest BCUT2D eigenvalue weighted by Crippen LogP contribution is 2.33. The number of carbonyl (C=O) groups is 1. The second-order valence-electron chi connectivity index (χ2n) is 5.90. The molecule has 0 aliphatic carbocycles. The molecule has 1 heterocycles. The van der Waals surface area contributed by atoms with Crippen LogP contribution >= 0.6 is 11.8 Å². The highest BCUT2D eigenvalue weighted by molar-refractivity contribution is 7.99. The van der Waals surface area contributed by atoms with Crippen molar-refractivity contribution in [3.8, 4) is 0 Å². The van der Waals surface area contributed by atoms with Crippen molar-refractivity contribution in [3.63, 3.8) is 0 Å². The van der Waals surface area contributed by atoms with Crippen LogP contribution in [0.5, 0.6) is 0 Å². The van der Waals surface area contributed by atoms with Gasteiger partial charge >= 0.3 is 5.97 Å². The molecule has 0 saturated carbocycles. The van der Waals surface area contributed by atoms with Gasteiger partial charge in [-0.15, -0.1) is 10.2 Å². The number of nitrogens with zero attached hydrogens (tertiary/aromatic N) is 3. The average Bonchev–Trinajstić information content (AvgIpc) is 3.07. The van der Waals surface area contributed by atoms with Crippen molar-refractivity contribution >= 4 is 33.4 Å². The van der Waals surface area contributed by atoms with Gasteiger partial charge in [-0.2, -0.15) is 0 Å². The molecule has 8 nitrogen and oxygen atoms in total. The maximum Gasteiger partial charge on any atom is 0.337 e. The third-order valence-corrected chi connectivity index (χ3v) is 6.54. The van der Waals surface area contributed by atoms with Crippen LogP contribution in [0.3, 0.4) is 0 Å². The van der Waals surface area contributed by atoms with Crippen LogP contribution < -0.4 is 4.72 Å². The molecule has 146 valence electrons. The Balaban J connectivity index is 1.96. The lowest BCUT2D eigenvalue weighted by Gasteiger charge is -2.14. The zero-order chi connectivity index (χ0) is 20.3. The minimum Gasteiger partial charge on any atom is -0.465 e. The van der Waals surface area contributed by atoms with E-state index in [0.29, 0.717) is 21.3 Å². The summed E-state index contributed by atoms with van der Waals surface area (Å²) in [4.78, 5) is 12.4. The summed E-state index contributed by atoms with van der Waals surface area (Å²) in [5.41, 5.74) is 1.08. The van der Waals surface area contributed by atoms with Gasteiger partial charge in [0.25, 0.3) is 10.0 Å². The average molecular weight is 419 g/mol. The Hall–Kier alpha value is -2.85. The van der Waals surface area contributed by atoms with Crippen LogP contribution in [0.15, 0.2) is 63.7 Å². The maximum atomic E-state index is 13.0. The molecule has 3 aromatic rings. The first kappa shape index (κ1) is 19.9. The van der Waals surface area contributed by atoms with Gasteiger partial charge in [0.2, 0.25) is 0 Å². The molecule has 0 aliphatic heterocycles. The van der Waals surface area contributed by atoms with E-state index in [9.17, 15) is 13.2 Å². The summed E-state index contributed by atoms with van der Waals surface area (Å²) >= 11 is 1.29. The number of methoxy groups -OCH3 is 1. The predicted octanol–water partition coefficient (Wildman–Crippen LogP) is 2.86. The van der Waals surface area contributed by atoms with Crippen LogP contribution in [0.1, 0.15) is 15.9 Å². The third-order valence-electron chi connectivity index (χ3n) is 3.90. The first-order valence-electron chi connectivity index (χ1n) is 8.14. The molecule has 28 heavy (non-hydrogen) atoms. The number of anilines is 1. The fourth-order valence-electron chi connectivity index (χ4n) is 2.44. The molecule has 2 aromatic carbocycles. The fraction of sp³-hybridized carbons (Fsp3) is 0.167. The molecule has 0 bridgehead atoms. The van der Waals surface area contributed by atoms with Gasteiger partial charge in [-0.25, -0.2) is 13.2 Å². The first-order valence-corrected chi connectivity index (χ1v) is 10.4. The van der Waals surface area contributed by atoms with Crippen LogP contribution in [0, 0.1) is 6.92 Å². The number of para-hydroxylation sites is 1. The molecular formula is C18H18N4O4S2. The lowest BCUT2D eigenvalue weighted by atomic mass is 10.1. The van der Waals surface area contributed by atoms with Crippen molar-refractivity contribution < 1.29 is 17.9 Å². The SMILES string of the molecule is COC(=O)c1ccc(C)c(S(=O)(=O)Nc2ccccc2Sc2nncn2C)c1. The lowest BCUT2D eigenvalue weighted by Crippen LogP contribution is -2.16. The van der Waals surface area contributed by atoms with E-state index in [2.05, 4.69) is 19.7 Å². The first-order chi connectivity index (χ1) is 13.3. The van der Waals surface area contributed by atoms with Gasteiger partial charge in [0.05, 0.1) is 23.3 Å². The predicted molar refractivity (Wildman–Crippen MR) is 105 cm³/mol. The molecule has 0 unspecified atom stereocenters. The quantitative estimate of drug-likeness (QED) is 0.614. The van der Waals surface area contributed by atoms with Crippen molar-refractivity contribution in [2.24, 2.45) is 7.05 Å². The highest BCUT2D eigenvalue weighted by Gasteiger charge is 2.21. The number of esters is 1. The number of benzene rings is 2. The molecule has 10 heteroatoms. The number of nitrogens with one attached hydrogen (secondary N) is 1. The van der Waals surface area contributed by atoms with Crippen LogP contribution in [0.2, 0.25) is 0 Å². The molecule has 0 amide bonds. The molecule has 3 rings (SSSR count). The van der Waals surface area contributed by atoms with Gasteiger partial charge in [-0.3, -0.25) is 4.72 Å². The summed E-state index contributed by atoms with van der Waals surface area (Å²) in [5.74, 6) is -0.602. The van der Waals surface area contributed by atoms with E-state index in [1.54, 1.807) is 55.2 Å². The number of ether oxygens (including phenoxy) is 1. The molecule has 0 aliphatic rings. The van der Waals surface area contributed by atoms with Gasteiger partial charge in [-0.1, -0.05) is 18.2 Å². The van der Waals surface area contributed by atoms with E-state index < -0.39 is 16.0 Å². The van der Waals surface area contributed by atoms with Crippen molar-refractivity contribution in [1.29, 1.82) is 0 Å². The van der Waals surface area contributed by atoms with Crippen molar-refractivity contribution in [2.75, 3.05) is 11.8 Å². The van der Waals surface area contributed by atoms with Gasteiger partial charge < -0.3 is 9.30 Å². The number of aromatic nitrogens is 3. The van der Waals surface area contributed by atoms with Crippen LogP contribution in [-0.4, -0.2) is 36.3 Å². The highest BCUT2D eigenvalue weighted by atomic mass is 32.2. The van der Waals surface area contributed by atoms with Crippen LogP contribution in [0.25, 0.3) is 0 Å². The Morgan fingerprint density at radius 1 is 1.21 bits per heavy atom. The standard InChI is InChI=1S/C18H18N4O4S2/c1-12-8-9-13(17(23)26-3)10-16(12)28(24,25)21-14-6-4-5-7-15(14)27-18-20-19-11-22(18)2/h4-11,21H,1-3H3. The zero-order valence-electron chi connectivity index (χ0n) is 15.4. The Bertz CT molecular complexity index is 1130. The fourth-order valence-corrected chi connectivity index (χ4v) is 4.71. The Morgan fingerprint density at radius 2 is 1.96 bits per heavy atom.